The molecule has 0 bridgehead atoms. The van der Waals surface area contributed by atoms with Crippen LogP contribution in [0.25, 0.3) is 0 Å². The number of benzene rings is 1. The Morgan fingerprint density at radius 2 is 1.71 bits per heavy atom. The van der Waals surface area contributed by atoms with E-state index >= 15 is 0 Å². The quantitative estimate of drug-likeness (QED) is 0.665. The molecule has 0 N–H and O–H groups in total. The second kappa shape index (κ2) is 4.60. The van der Waals surface area contributed by atoms with Gasteiger partial charge in [-0.2, -0.15) is 0 Å². The molecule has 0 spiro atoms. The van der Waals surface area contributed by atoms with Gasteiger partial charge in [0.05, 0.1) is 10.6 Å². The van der Waals surface area contributed by atoms with Crippen LogP contribution in [0.3, 0.4) is 0 Å². The highest BCUT2D eigenvalue weighted by Crippen LogP contribution is 2.23. The van der Waals surface area contributed by atoms with Crippen LogP contribution in [0.2, 0.25) is 0 Å². The normalized spacial score (nSPS) is 17.1. The average Bonchev–Trinajstić information content (AvgIpc) is 2.04. The fraction of sp³-hybridized carbons (Fsp3) is 0.455. The minimum absolute atomic E-state index is 0. The lowest BCUT2D eigenvalue weighted by atomic mass is 10.1. The first-order valence-electron chi connectivity index (χ1n) is 4.01. The molecule has 1 aliphatic rings. The third-order valence-electron chi connectivity index (χ3n) is 2.17. The zero-order chi connectivity index (χ0) is 8.60. The maximum Gasteiger partial charge on any atom is 0.178 e. The van der Waals surface area contributed by atoms with E-state index in [4.69, 9.17) is 0 Å². The van der Waals surface area contributed by atoms with E-state index in [0.717, 1.165) is 18.4 Å². The number of sulfone groups is 1. The van der Waals surface area contributed by atoms with Crippen LogP contribution in [0.5, 0.6) is 0 Å². The number of hydrogen-bond donors (Lipinski definition) is 0. The molecule has 2 nitrogen and oxygen atoms in total. The van der Waals surface area contributed by atoms with Crippen molar-refractivity contribution in [3.8, 4) is 0 Å². The van der Waals surface area contributed by atoms with E-state index in [1.165, 1.54) is 0 Å². The van der Waals surface area contributed by atoms with Gasteiger partial charge in [-0.1, -0.05) is 33.1 Å². The van der Waals surface area contributed by atoms with Crippen molar-refractivity contribution in [3.63, 3.8) is 0 Å². The molecule has 0 radical (unpaired) electrons. The Hall–Kier alpha value is -0.830. The predicted octanol–water partition coefficient (Wildman–Crippen LogP) is 2.68. The second-order valence-corrected chi connectivity index (χ2v) is 5.11. The third-order valence-corrected chi connectivity index (χ3v) is 4.06. The molecule has 3 heteroatoms. The summed E-state index contributed by atoms with van der Waals surface area (Å²) in [6.07, 6.45) is 1.66. The maximum absolute atomic E-state index is 11.5. The van der Waals surface area contributed by atoms with E-state index in [9.17, 15) is 8.42 Å². The summed E-state index contributed by atoms with van der Waals surface area (Å²) in [6.45, 7) is 0. The van der Waals surface area contributed by atoms with Crippen LogP contribution < -0.4 is 0 Å². The monoisotopic (exact) mass is 214 g/mol. The van der Waals surface area contributed by atoms with Gasteiger partial charge in [-0.05, 0) is 24.5 Å². The summed E-state index contributed by atoms with van der Waals surface area (Å²) in [4.78, 5) is 0.538. The molecular weight excluding hydrogens is 196 g/mol. The molecule has 2 rings (SSSR count). The minimum Gasteiger partial charge on any atom is -0.224 e. The molecule has 0 atom stereocenters. The molecule has 1 heterocycles. The highest BCUT2D eigenvalue weighted by Gasteiger charge is 2.21. The predicted molar refractivity (Wildman–Crippen MR) is 60.3 cm³/mol. The van der Waals surface area contributed by atoms with Crippen molar-refractivity contribution >= 4 is 9.84 Å². The van der Waals surface area contributed by atoms with Crippen molar-refractivity contribution in [2.45, 2.75) is 32.6 Å². The van der Waals surface area contributed by atoms with Crippen molar-refractivity contribution in [2.24, 2.45) is 0 Å². The van der Waals surface area contributed by atoms with Gasteiger partial charge in [-0.25, -0.2) is 8.42 Å². The Labute approximate surface area is 86.9 Å². The second-order valence-electron chi connectivity index (χ2n) is 3.03. The molecule has 0 aromatic heterocycles. The minimum atomic E-state index is -2.94. The fourth-order valence-electron chi connectivity index (χ4n) is 1.58. The van der Waals surface area contributed by atoms with Crippen LogP contribution in [0.4, 0.5) is 0 Å². The zero-order valence-electron chi connectivity index (χ0n) is 6.66. The largest absolute Gasteiger partial charge is 0.224 e. The molecule has 0 aliphatic carbocycles. The van der Waals surface area contributed by atoms with Crippen LogP contribution in [0, 0.1) is 0 Å². The van der Waals surface area contributed by atoms with Crippen molar-refractivity contribution in [3.05, 3.63) is 29.8 Å². The van der Waals surface area contributed by atoms with E-state index in [1.54, 1.807) is 12.1 Å². The number of hydrogen-bond acceptors (Lipinski definition) is 2. The molecule has 1 aromatic carbocycles. The lowest BCUT2D eigenvalue weighted by Crippen LogP contribution is -2.15. The van der Waals surface area contributed by atoms with Crippen LogP contribution in [-0.4, -0.2) is 14.2 Å². The lowest BCUT2D eigenvalue weighted by molar-refractivity contribution is 0.586. The first-order chi connectivity index (χ1) is 5.70. The number of fused-ring (bicyclic) bond motifs is 1. The molecule has 0 saturated carbocycles. The molecule has 0 amide bonds. The van der Waals surface area contributed by atoms with Crippen LogP contribution in [-0.2, 0) is 16.3 Å². The Morgan fingerprint density at radius 1 is 1.07 bits per heavy atom. The summed E-state index contributed by atoms with van der Waals surface area (Å²) in [5, 5.41) is 0. The van der Waals surface area contributed by atoms with E-state index in [1.807, 2.05) is 12.1 Å². The van der Waals surface area contributed by atoms with Gasteiger partial charge in [-0.15, -0.1) is 0 Å². The zero-order valence-corrected chi connectivity index (χ0v) is 7.47. The summed E-state index contributed by atoms with van der Waals surface area (Å²) in [7, 11) is -2.94. The van der Waals surface area contributed by atoms with E-state index in [0.29, 0.717) is 10.6 Å². The molecule has 0 unspecified atom stereocenters. The molecule has 1 aliphatic heterocycles. The smallest absolute Gasteiger partial charge is 0.178 e. The molecule has 0 saturated heterocycles. The Bertz CT molecular complexity index is 394. The van der Waals surface area contributed by atoms with Crippen LogP contribution >= 0.6 is 0 Å². The lowest BCUT2D eigenvalue weighted by Gasteiger charge is -2.14. The Kier molecular flexibility index (Phi) is 4.33. The van der Waals surface area contributed by atoms with Crippen molar-refractivity contribution in [2.75, 3.05) is 5.75 Å². The third kappa shape index (κ3) is 2.15. The van der Waals surface area contributed by atoms with Crippen molar-refractivity contribution in [1.82, 2.24) is 0 Å². The van der Waals surface area contributed by atoms with Gasteiger partial charge in [0.25, 0.3) is 0 Å². The summed E-state index contributed by atoms with van der Waals surface area (Å²) in [5.41, 5.74) is 0.976. The van der Waals surface area contributed by atoms with Gasteiger partial charge < -0.3 is 0 Å². The number of rotatable bonds is 0. The Morgan fingerprint density at radius 3 is 2.36 bits per heavy atom. The maximum atomic E-state index is 11.5. The average molecular weight is 214 g/mol. The summed E-state index contributed by atoms with van der Waals surface area (Å²) in [5.74, 6) is 0.310. The van der Waals surface area contributed by atoms with Gasteiger partial charge in [0, 0.05) is 0 Å². The van der Waals surface area contributed by atoms with Gasteiger partial charge in [-0.3, -0.25) is 0 Å². The topological polar surface area (TPSA) is 34.1 Å². The van der Waals surface area contributed by atoms with E-state index in [2.05, 4.69) is 0 Å². The summed E-state index contributed by atoms with van der Waals surface area (Å²) >= 11 is 0. The van der Waals surface area contributed by atoms with Gasteiger partial charge in [0.1, 0.15) is 0 Å². The SMILES string of the molecule is C.C.O=S1(=O)CCCc2ccccc21. The standard InChI is InChI=1S/C9H10O2S.2CH4/c10-12(11)7-3-5-8-4-1-2-6-9(8)12;;/h1-2,4,6H,3,5,7H2;2*1H4. The molecular formula is C11H18O2S. The summed E-state index contributed by atoms with van der Waals surface area (Å²) < 4.78 is 22.9. The highest BCUT2D eigenvalue weighted by molar-refractivity contribution is 7.91. The van der Waals surface area contributed by atoms with Gasteiger partial charge >= 0.3 is 0 Å². The van der Waals surface area contributed by atoms with E-state index in [-0.39, 0.29) is 14.9 Å². The number of aryl methyl sites for hydroxylation is 1. The fourth-order valence-corrected chi connectivity index (χ4v) is 3.18. The van der Waals surface area contributed by atoms with Gasteiger partial charge in [0.2, 0.25) is 0 Å². The van der Waals surface area contributed by atoms with Crippen molar-refractivity contribution in [1.29, 1.82) is 0 Å². The summed E-state index contributed by atoms with van der Waals surface area (Å²) in [6, 6.07) is 7.26. The van der Waals surface area contributed by atoms with Crippen LogP contribution in [0.1, 0.15) is 26.8 Å². The molecule has 14 heavy (non-hydrogen) atoms. The van der Waals surface area contributed by atoms with Crippen molar-refractivity contribution < 1.29 is 8.42 Å². The first kappa shape index (κ1) is 13.2. The Balaban J connectivity index is 0.000000845. The first-order valence-corrected chi connectivity index (χ1v) is 5.66. The van der Waals surface area contributed by atoms with E-state index < -0.39 is 9.84 Å². The molecule has 80 valence electrons. The highest BCUT2D eigenvalue weighted by atomic mass is 32.2. The van der Waals surface area contributed by atoms with Gasteiger partial charge in [0.15, 0.2) is 9.84 Å². The molecule has 1 aromatic rings. The molecule has 0 fully saturated rings. The van der Waals surface area contributed by atoms with Crippen LogP contribution in [0.15, 0.2) is 29.2 Å².